The number of nitrogens with zero attached hydrogens (tertiary/aromatic N) is 1. The highest BCUT2D eigenvalue weighted by molar-refractivity contribution is 7.99. The predicted octanol–water partition coefficient (Wildman–Crippen LogP) is 3.20. The number of halogens is 1. The van der Waals surface area contributed by atoms with E-state index in [1.54, 1.807) is 11.8 Å². The Labute approximate surface area is 129 Å². The van der Waals surface area contributed by atoms with E-state index in [0.29, 0.717) is 32.4 Å². The first kappa shape index (κ1) is 15.7. The lowest BCUT2D eigenvalue weighted by molar-refractivity contribution is -0.134. The minimum atomic E-state index is -0.602. The van der Waals surface area contributed by atoms with E-state index in [0.717, 1.165) is 15.7 Å². The number of likely N-dealkylation sites (tertiary alicyclic amines) is 1. The first-order chi connectivity index (χ1) is 9.46. The highest BCUT2D eigenvalue weighted by atomic mass is 35.5. The minimum Gasteiger partial charge on any atom is -0.390 e. The van der Waals surface area contributed by atoms with Crippen molar-refractivity contribution in [3.05, 3.63) is 29.3 Å². The van der Waals surface area contributed by atoms with Gasteiger partial charge in [0.05, 0.1) is 5.60 Å². The summed E-state index contributed by atoms with van der Waals surface area (Å²) < 4.78 is 0. The summed E-state index contributed by atoms with van der Waals surface area (Å²) >= 11 is 7.50. The van der Waals surface area contributed by atoms with E-state index < -0.39 is 5.60 Å². The molecular formula is C15H20ClNO2S. The van der Waals surface area contributed by atoms with E-state index in [-0.39, 0.29) is 5.91 Å². The molecule has 110 valence electrons. The summed E-state index contributed by atoms with van der Waals surface area (Å²) in [6.45, 7) is 3.17. The molecule has 0 atom stereocenters. The monoisotopic (exact) mass is 313 g/mol. The van der Waals surface area contributed by atoms with Crippen molar-refractivity contribution < 1.29 is 9.90 Å². The number of rotatable bonds is 4. The lowest BCUT2D eigenvalue weighted by atomic mass is 9.94. The molecule has 1 saturated heterocycles. The third-order valence-corrected chi connectivity index (χ3v) is 4.86. The topological polar surface area (TPSA) is 40.5 Å². The number of carbonyl (C=O) groups excluding carboxylic acids is 1. The fraction of sp³-hybridized carbons (Fsp3) is 0.533. The van der Waals surface area contributed by atoms with Gasteiger partial charge in [-0.05, 0) is 44.0 Å². The largest absolute Gasteiger partial charge is 0.390 e. The van der Waals surface area contributed by atoms with Crippen LogP contribution in [0.5, 0.6) is 0 Å². The van der Waals surface area contributed by atoms with Crippen LogP contribution in [0.25, 0.3) is 0 Å². The summed E-state index contributed by atoms with van der Waals surface area (Å²) in [5.41, 5.74) is -0.602. The van der Waals surface area contributed by atoms with Gasteiger partial charge in [-0.3, -0.25) is 4.79 Å². The molecule has 0 radical (unpaired) electrons. The van der Waals surface area contributed by atoms with Crippen molar-refractivity contribution in [1.82, 2.24) is 4.90 Å². The van der Waals surface area contributed by atoms with Gasteiger partial charge in [0.25, 0.3) is 0 Å². The zero-order valence-electron chi connectivity index (χ0n) is 11.6. The third kappa shape index (κ3) is 4.69. The van der Waals surface area contributed by atoms with Crippen LogP contribution in [0.4, 0.5) is 0 Å². The second-order valence-electron chi connectivity index (χ2n) is 5.43. The van der Waals surface area contributed by atoms with Crippen molar-refractivity contribution in [3.63, 3.8) is 0 Å². The van der Waals surface area contributed by atoms with Crippen molar-refractivity contribution in [2.45, 2.75) is 36.7 Å². The highest BCUT2D eigenvalue weighted by Crippen LogP contribution is 2.23. The Balaban J connectivity index is 1.71. The molecule has 1 fully saturated rings. The first-order valence-corrected chi connectivity index (χ1v) is 8.21. The number of carbonyl (C=O) groups is 1. The molecule has 1 aromatic rings. The average Bonchev–Trinajstić information content (AvgIpc) is 2.41. The van der Waals surface area contributed by atoms with Crippen LogP contribution in [0.15, 0.2) is 29.2 Å². The molecule has 0 aromatic heterocycles. The van der Waals surface area contributed by atoms with E-state index in [1.807, 2.05) is 36.1 Å². The Morgan fingerprint density at radius 1 is 1.35 bits per heavy atom. The van der Waals surface area contributed by atoms with Gasteiger partial charge in [0.2, 0.25) is 5.91 Å². The Morgan fingerprint density at radius 3 is 2.55 bits per heavy atom. The standard InChI is InChI=1S/C15H20ClNO2S/c1-15(19)7-9-17(10-8-15)14(18)6-11-20-13-4-2-12(16)3-5-13/h2-5,19H,6-11H2,1H3. The van der Waals surface area contributed by atoms with Gasteiger partial charge >= 0.3 is 0 Å². The molecule has 1 amide bonds. The van der Waals surface area contributed by atoms with E-state index in [2.05, 4.69) is 0 Å². The molecule has 0 spiro atoms. The van der Waals surface area contributed by atoms with Crippen molar-refractivity contribution in [3.8, 4) is 0 Å². The number of aliphatic hydroxyl groups is 1. The number of benzene rings is 1. The van der Waals surface area contributed by atoms with Crippen LogP contribution in [0, 0.1) is 0 Å². The number of hydrogen-bond acceptors (Lipinski definition) is 3. The Hall–Kier alpha value is -0.710. The van der Waals surface area contributed by atoms with Crippen LogP contribution in [0.3, 0.4) is 0 Å². The second-order valence-corrected chi connectivity index (χ2v) is 7.03. The van der Waals surface area contributed by atoms with Crippen molar-refractivity contribution >= 4 is 29.3 Å². The molecule has 2 rings (SSSR count). The molecule has 1 N–H and O–H groups in total. The molecule has 1 heterocycles. The molecule has 1 aliphatic heterocycles. The van der Waals surface area contributed by atoms with E-state index in [1.165, 1.54) is 0 Å². The normalized spacial score (nSPS) is 18.1. The maximum Gasteiger partial charge on any atom is 0.223 e. The number of thioether (sulfide) groups is 1. The van der Waals surface area contributed by atoms with Crippen molar-refractivity contribution in [1.29, 1.82) is 0 Å². The number of hydrogen-bond donors (Lipinski definition) is 1. The molecule has 0 unspecified atom stereocenters. The molecule has 1 aliphatic rings. The van der Waals surface area contributed by atoms with Gasteiger partial charge in [-0.15, -0.1) is 11.8 Å². The average molecular weight is 314 g/mol. The van der Waals surface area contributed by atoms with Crippen molar-refractivity contribution in [2.75, 3.05) is 18.8 Å². The van der Waals surface area contributed by atoms with Gasteiger partial charge in [0, 0.05) is 35.2 Å². The first-order valence-electron chi connectivity index (χ1n) is 6.85. The third-order valence-electron chi connectivity index (χ3n) is 3.59. The maximum absolute atomic E-state index is 12.1. The molecular weight excluding hydrogens is 294 g/mol. The van der Waals surface area contributed by atoms with E-state index in [4.69, 9.17) is 11.6 Å². The zero-order chi connectivity index (χ0) is 14.6. The Bertz CT molecular complexity index is 451. The molecule has 0 bridgehead atoms. The maximum atomic E-state index is 12.1. The summed E-state index contributed by atoms with van der Waals surface area (Å²) in [6, 6.07) is 7.65. The Kier molecular flexibility index (Phi) is 5.35. The molecule has 0 aliphatic carbocycles. The Morgan fingerprint density at radius 2 is 1.95 bits per heavy atom. The second kappa shape index (κ2) is 6.83. The van der Waals surface area contributed by atoms with E-state index >= 15 is 0 Å². The SMILES string of the molecule is CC1(O)CCN(C(=O)CCSc2ccc(Cl)cc2)CC1. The summed E-state index contributed by atoms with van der Waals surface area (Å²) in [6.07, 6.45) is 1.88. The lowest BCUT2D eigenvalue weighted by Gasteiger charge is -2.35. The molecule has 5 heteroatoms. The van der Waals surface area contributed by atoms with Gasteiger partial charge in [-0.1, -0.05) is 11.6 Å². The van der Waals surface area contributed by atoms with Crippen LogP contribution in [0.2, 0.25) is 5.02 Å². The molecule has 3 nitrogen and oxygen atoms in total. The smallest absolute Gasteiger partial charge is 0.223 e. The summed E-state index contributed by atoms with van der Waals surface area (Å²) in [4.78, 5) is 15.1. The van der Waals surface area contributed by atoms with Crippen LogP contribution in [0.1, 0.15) is 26.2 Å². The van der Waals surface area contributed by atoms with E-state index in [9.17, 15) is 9.90 Å². The van der Waals surface area contributed by atoms with Gasteiger partial charge in [0.15, 0.2) is 0 Å². The van der Waals surface area contributed by atoms with Crippen LogP contribution >= 0.6 is 23.4 Å². The van der Waals surface area contributed by atoms with Gasteiger partial charge in [-0.25, -0.2) is 0 Å². The highest BCUT2D eigenvalue weighted by Gasteiger charge is 2.29. The quantitative estimate of drug-likeness (QED) is 0.868. The number of amides is 1. The predicted molar refractivity (Wildman–Crippen MR) is 83.2 cm³/mol. The fourth-order valence-electron chi connectivity index (χ4n) is 2.18. The fourth-order valence-corrected chi connectivity index (χ4v) is 3.15. The van der Waals surface area contributed by atoms with Gasteiger partial charge in [0.1, 0.15) is 0 Å². The lowest BCUT2D eigenvalue weighted by Crippen LogP contribution is -2.45. The van der Waals surface area contributed by atoms with Crippen LogP contribution < -0.4 is 0 Å². The summed E-state index contributed by atoms with van der Waals surface area (Å²) in [5.74, 6) is 0.954. The summed E-state index contributed by atoms with van der Waals surface area (Å²) in [7, 11) is 0. The molecule has 1 aromatic carbocycles. The number of piperidine rings is 1. The van der Waals surface area contributed by atoms with Crippen molar-refractivity contribution in [2.24, 2.45) is 0 Å². The molecule has 0 saturated carbocycles. The van der Waals surface area contributed by atoms with Gasteiger partial charge < -0.3 is 10.0 Å². The molecule has 20 heavy (non-hydrogen) atoms. The zero-order valence-corrected chi connectivity index (χ0v) is 13.2. The van der Waals surface area contributed by atoms with Crippen LogP contribution in [-0.2, 0) is 4.79 Å². The van der Waals surface area contributed by atoms with Gasteiger partial charge in [-0.2, -0.15) is 0 Å². The van der Waals surface area contributed by atoms with Crippen LogP contribution in [-0.4, -0.2) is 40.4 Å². The minimum absolute atomic E-state index is 0.182. The summed E-state index contributed by atoms with van der Waals surface area (Å²) in [5, 5.41) is 10.6.